The summed E-state index contributed by atoms with van der Waals surface area (Å²) >= 11 is 0. The van der Waals surface area contributed by atoms with Crippen LogP contribution in [0.3, 0.4) is 0 Å². The van der Waals surface area contributed by atoms with Crippen molar-refractivity contribution in [2.45, 2.75) is 52.2 Å². The minimum absolute atomic E-state index is 0.00213. The van der Waals surface area contributed by atoms with Gasteiger partial charge in [0.05, 0.1) is 5.60 Å². The zero-order chi connectivity index (χ0) is 13.3. The molecule has 0 radical (unpaired) electrons. The minimum atomic E-state index is -0.716. The van der Waals surface area contributed by atoms with Crippen LogP contribution in [0.25, 0.3) is 0 Å². The monoisotopic (exact) mass is 235 g/mol. The van der Waals surface area contributed by atoms with Crippen molar-refractivity contribution in [1.82, 2.24) is 0 Å². The summed E-state index contributed by atoms with van der Waals surface area (Å²) in [6.07, 6.45) is 0.757. The van der Waals surface area contributed by atoms with E-state index in [1.54, 1.807) is 0 Å². The molecule has 96 valence electrons. The molecular formula is C15H25NO. The van der Waals surface area contributed by atoms with Crippen LogP contribution < -0.4 is 4.90 Å². The van der Waals surface area contributed by atoms with Crippen LogP contribution in [0.5, 0.6) is 0 Å². The van der Waals surface area contributed by atoms with Crippen molar-refractivity contribution >= 4 is 5.69 Å². The van der Waals surface area contributed by atoms with E-state index in [4.69, 9.17) is 0 Å². The third-order valence-electron chi connectivity index (χ3n) is 3.53. The number of para-hydroxylation sites is 1. The van der Waals surface area contributed by atoms with Crippen molar-refractivity contribution in [2.75, 3.05) is 11.9 Å². The van der Waals surface area contributed by atoms with Gasteiger partial charge in [0.2, 0.25) is 0 Å². The van der Waals surface area contributed by atoms with Crippen molar-refractivity contribution in [2.24, 2.45) is 0 Å². The number of rotatable bonds is 0. The van der Waals surface area contributed by atoms with Gasteiger partial charge in [0.15, 0.2) is 0 Å². The van der Waals surface area contributed by atoms with Gasteiger partial charge in [-0.15, -0.1) is 0 Å². The van der Waals surface area contributed by atoms with Gasteiger partial charge in [0.25, 0.3) is 0 Å². The second-order valence-corrected chi connectivity index (χ2v) is 5.34. The predicted octanol–water partition coefficient (Wildman–Crippen LogP) is 3.54. The van der Waals surface area contributed by atoms with Crippen LogP contribution >= 0.6 is 0 Å². The molecule has 0 bridgehead atoms. The third kappa shape index (κ3) is 2.47. The van der Waals surface area contributed by atoms with Crippen LogP contribution in [-0.2, 0) is 5.60 Å². The summed E-state index contributed by atoms with van der Waals surface area (Å²) in [5, 5.41) is 10.5. The second kappa shape index (κ2) is 4.69. The molecule has 0 amide bonds. The van der Waals surface area contributed by atoms with Gasteiger partial charge in [-0.1, -0.05) is 32.0 Å². The summed E-state index contributed by atoms with van der Waals surface area (Å²) in [6, 6.07) is 8.10. The smallest absolute Gasteiger partial charge is 0.0910 e. The van der Waals surface area contributed by atoms with E-state index in [1.807, 2.05) is 39.0 Å². The highest BCUT2D eigenvalue weighted by Crippen LogP contribution is 2.44. The van der Waals surface area contributed by atoms with Crippen LogP contribution in [0.15, 0.2) is 24.3 Å². The zero-order valence-corrected chi connectivity index (χ0v) is 11.9. The van der Waals surface area contributed by atoms with Gasteiger partial charge >= 0.3 is 0 Å². The standard InChI is InChI=1S/C13H19NO.C2H6/c1-12(2)9-13(3,15)10-7-5-6-8-11(10)14(12)4;1-2/h5-8,15H,9H2,1-4H3;1-2H3. The fraction of sp³-hybridized carbons (Fsp3) is 0.600. The van der Waals surface area contributed by atoms with Gasteiger partial charge < -0.3 is 10.0 Å². The first kappa shape index (κ1) is 14.0. The molecule has 0 saturated carbocycles. The van der Waals surface area contributed by atoms with E-state index in [2.05, 4.69) is 31.9 Å². The van der Waals surface area contributed by atoms with Gasteiger partial charge in [-0.25, -0.2) is 0 Å². The van der Waals surface area contributed by atoms with E-state index in [0.29, 0.717) is 0 Å². The Bertz CT molecular complexity index is 382. The molecule has 1 N–H and O–H groups in total. The molecule has 0 spiro atoms. The molecule has 17 heavy (non-hydrogen) atoms. The number of hydrogen-bond donors (Lipinski definition) is 1. The molecule has 1 atom stereocenters. The SMILES string of the molecule is CC.CN1c2ccccc2C(C)(O)CC1(C)C. The van der Waals surface area contributed by atoms with Crippen LogP contribution in [0.1, 0.15) is 46.6 Å². The Morgan fingerprint density at radius 1 is 1.12 bits per heavy atom. The summed E-state index contributed by atoms with van der Waals surface area (Å²) in [7, 11) is 2.09. The van der Waals surface area contributed by atoms with E-state index in [0.717, 1.165) is 17.7 Å². The largest absolute Gasteiger partial charge is 0.385 e. The fourth-order valence-corrected chi connectivity index (χ4v) is 2.60. The summed E-state index contributed by atoms with van der Waals surface area (Å²) < 4.78 is 0. The van der Waals surface area contributed by atoms with E-state index >= 15 is 0 Å². The topological polar surface area (TPSA) is 23.5 Å². The molecule has 0 saturated heterocycles. The Morgan fingerprint density at radius 2 is 1.65 bits per heavy atom. The van der Waals surface area contributed by atoms with Crippen molar-refractivity contribution in [3.63, 3.8) is 0 Å². The zero-order valence-electron chi connectivity index (χ0n) is 11.9. The second-order valence-electron chi connectivity index (χ2n) is 5.34. The molecule has 1 heterocycles. The Kier molecular flexibility index (Phi) is 3.88. The quantitative estimate of drug-likeness (QED) is 0.743. The number of hydrogen-bond acceptors (Lipinski definition) is 2. The normalized spacial score (nSPS) is 25.7. The Hall–Kier alpha value is -1.02. The van der Waals surface area contributed by atoms with Crippen molar-refractivity contribution in [1.29, 1.82) is 0 Å². The van der Waals surface area contributed by atoms with Crippen LogP contribution in [0.2, 0.25) is 0 Å². The van der Waals surface area contributed by atoms with E-state index in [1.165, 1.54) is 0 Å². The highest BCUT2D eigenvalue weighted by molar-refractivity contribution is 5.59. The summed E-state index contributed by atoms with van der Waals surface area (Å²) in [6.45, 7) is 10.2. The summed E-state index contributed by atoms with van der Waals surface area (Å²) in [5.74, 6) is 0. The molecule has 1 aromatic carbocycles. The van der Waals surface area contributed by atoms with Crippen LogP contribution in [-0.4, -0.2) is 17.7 Å². The molecule has 1 unspecified atom stereocenters. The van der Waals surface area contributed by atoms with Gasteiger partial charge in [-0.2, -0.15) is 0 Å². The highest BCUT2D eigenvalue weighted by Gasteiger charge is 2.41. The lowest BCUT2D eigenvalue weighted by molar-refractivity contribution is 0.0214. The molecule has 0 aromatic heterocycles. The third-order valence-corrected chi connectivity index (χ3v) is 3.53. The van der Waals surface area contributed by atoms with Gasteiger partial charge in [-0.3, -0.25) is 0 Å². The number of aliphatic hydroxyl groups is 1. The fourth-order valence-electron chi connectivity index (χ4n) is 2.60. The molecule has 1 aliphatic heterocycles. The molecule has 1 aliphatic rings. The number of benzene rings is 1. The lowest BCUT2D eigenvalue weighted by Crippen LogP contribution is -2.51. The van der Waals surface area contributed by atoms with Gasteiger partial charge in [0, 0.05) is 30.3 Å². The first-order chi connectivity index (χ1) is 7.84. The maximum absolute atomic E-state index is 10.5. The average Bonchev–Trinajstić information content (AvgIpc) is 2.28. The van der Waals surface area contributed by atoms with Gasteiger partial charge in [0.1, 0.15) is 0 Å². The number of fused-ring (bicyclic) bond motifs is 1. The molecule has 1 aromatic rings. The van der Waals surface area contributed by atoms with Crippen LogP contribution in [0.4, 0.5) is 5.69 Å². The van der Waals surface area contributed by atoms with Crippen molar-refractivity contribution in [3.05, 3.63) is 29.8 Å². The first-order valence-electron chi connectivity index (χ1n) is 6.40. The maximum atomic E-state index is 10.5. The highest BCUT2D eigenvalue weighted by atomic mass is 16.3. The van der Waals surface area contributed by atoms with Gasteiger partial charge in [-0.05, 0) is 26.8 Å². The minimum Gasteiger partial charge on any atom is -0.385 e. The lowest BCUT2D eigenvalue weighted by atomic mass is 9.77. The molecule has 0 aliphatic carbocycles. The van der Waals surface area contributed by atoms with E-state index in [9.17, 15) is 5.11 Å². The Balaban J connectivity index is 0.000000686. The molecular weight excluding hydrogens is 210 g/mol. The molecule has 2 heteroatoms. The number of anilines is 1. The van der Waals surface area contributed by atoms with E-state index < -0.39 is 5.60 Å². The Labute approximate surface area is 105 Å². The first-order valence-corrected chi connectivity index (χ1v) is 6.40. The summed E-state index contributed by atoms with van der Waals surface area (Å²) in [4.78, 5) is 2.25. The maximum Gasteiger partial charge on any atom is 0.0910 e. The van der Waals surface area contributed by atoms with E-state index in [-0.39, 0.29) is 5.54 Å². The predicted molar refractivity (Wildman–Crippen MR) is 74.5 cm³/mol. The molecule has 2 nitrogen and oxygen atoms in total. The number of nitrogens with zero attached hydrogens (tertiary/aromatic N) is 1. The van der Waals surface area contributed by atoms with Crippen LogP contribution in [0, 0.1) is 0 Å². The Morgan fingerprint density at radius 3 is 2.24 bits per heavy atom. The van der Waals surface area contributed by atoms with Crippen molar-refractivity contribution in [3.8, 4) is 0 Å². The average molecular weight is 235 g/mol. The summed E-state index contributed by atoms with van der Waals surface area (Å²) in [5.41, 5.74) is 1.45. The van der Waals surface area contributed by atoms with Crippen molar-refractivity contribution < 1.29 is 5.11 Å². The molecule has 0 fully saturated rings. The lowest BCUT2D eigenvalue weighted by Gasteiger charge is -2.48. The molecule has 2 rings (SSSR count).